The minimum atomic E-state index is -4.39. The molecule has 1 saturated heterocycles. The fourth-order valence-electron chi connectivity index (χ4n) is 3.74. The standard InChI is InChI=1S/C23H27F3N2O3/c24-23(25,26)19-9-6-18(7-10-19)14-27-15-22(31)16-28(13-12-20(22)29)21(30)11-8-17-4-2-1-3-5-17/h1-7,9-10,20,27,29,31H,8,11-16H2/t20-,22+/m0/s1. The van der Waals surface area contributed by atoms with Crippen molar-refractivity contribution < 1.29 is 28.2 Å². The van der Waals surface area contributed by atoms with Crippen LogP contribution in [0.3, 0.4) is 0 Å². The molecule has 2 aromatic carbocycles. The maximum absolute atomic E-state index is 12.7. The Labute approximate surface area is 179 Å². The lowest BCUT2D eigenvalue weighted by Gasteiger charge is -2.43. The van der Waals surface area contributed by atoms with E-state index >= 15 is 0 Å². The summed E-state index contributed by atoms with van der Waals surface area (Å²) in [6.45, 7) is 0.616. The van der Waals surface area contributed by atoms with Crippen LogP contribution >= 0.6 is 0 Å². The van der Waals surface area contributed by atoms with Crippen LogP contribution < -0.4 is 5.32 Å². The normalized spacial score (nSPS) is 21.8. The van der Waals surface area contributed by atoms with Crippen LogP contribution in [0, 0.1) is 0 Å². The van der Waals surface area contributed by atoms with Gasteiger partial charge in [-0.3, -0.25) is 4.79 Å². The number of carbonyl (C=O) groups excluding carboxylic acids is 1. The Bertz CT molecular complexity index is 859. The van der Waals surface area contributed by atoms with Gasteiger partial charge in [0.2, 0.25) is 5.91 Å². The number of amides is 1. The van der Waals surface area contributed by atoms with Gasteiger partial charge in [-0.1, -0.05) is 42.5 Å². The van der Waals surface area contributed by atoms with Crippen molar-refractivity contribution in [1.82, 2.24) is 10.2 Å². The Morgan fingerprint density at radius 2 is 1.77 bits per heavy atom. The van der Waals surface area contributed by atoms with Crippen molar-refractivity contribution in [3.05, 3.63) is 71.3 Å². The van der Waals surface area contributed by atoms with Gasteiger partial charge in [0.05, 0.1) is 18.2 Å². The zero-order chi connectivity index (χ0) is 22.5. The molecule has 5 nitrogen and oxygen atoms in total. The summed E-state index contributed by atoms with van der Waals surface area (Å²) < 4.78 is 38.0. The Hall–Kier alpha value is -2.42. The second-order valence-electron chi connectivity index (χ2n) is 8.01. The molecule has 0 spiro atoms. The van der Waals surface area contributed by atoms with Gasteiger partial charge in [-0.25, -0.2) is 0 Å². The van der Waals surface area contributed by atoms with E-state index in [-0.39, 0.29) is 32.0 Å². The number of likely N-dealkylation sites (tertiary alicyclic amines) is 1. The summed E-state index contributed by atoms with van der Waals surface area (Å²) in [5, 5.41) is 24.2. The molecule has 3 N–H and O–H groups in total. The number of benzene rings is 2. The van der Waals surface area contributed by atoms with Crippen molar-refractivity contribution in [2.24, 2.45) is 0 Å². The molecule has 1 aliphatic heterocycles. The van der Waals surface area contributed by atoms with E-state index in [0.29, 0.717) is 24.9 Å². The van der Waals surface area contributed by atoms with Gasteiger partial charge >= 0.3 is 6.18 Å². The summed E-state index contributed by atoms with van der Waals surface area (Å²) >= 11 is 0. The second kappa shape index (κ2) is 9.80. The Morgan fingerprint density at radius 3 is 2.42 bits per heavy atom. The van der Waals surface area contributed by atoms with Crippen LogP contribution in [-0.2, 0) is 23.9 Å². The molecule has 8 heteroatoms. The van der Waals surface area contributed by atoms with Gasteiger partial charge in [-0.15, -0.1) is 0 Å². The molecule has 0 aliphatic carbocycles. The smallest absolute Gasteiger partial charge is 0.390 e. The van der Waals surface area contributed by atoms with E-state index in [1.807, 2.05) is 30.3 Å². The number of hydrogen-bond acceptors (Lipinski definition) is 4. The van der Waals surface area contributed by atoms with Gasteiger partial charge in [0.1, 0.15) is 5.60 Å². The molecule has 1 amide bonds. The van der Waals surface area contributed by atoms with Crippen molar-refractivity contribution in [2.45, 2.75) is 43.7 Å². The molecule has 1 heterocycles. The van der Waals surface area contributed by atoms with E-state index in [2.05, 4.69) is 5.32 Å². The van der Waals surface area contributed by atoms with E-state index in [9.17, 15) is 28.2 Å². The van der Waals surface area contributed by atoms with Gasteiger partial charge in [0, 0.05) is 26.1 Å². The molecule has 0 unspecified atom stereocenters. The lowest BCUT2D eigenvalue weighted by atomic mass is 9.89. The molecule has 0 aromatic heterocycles. The quantitative estimate of drug-likeness (QED) is 0.624. The van der Waals surface area contributed by atoms with Crippen LogP contribution in [0.2, 0.25) is 0 Å². The number of piperidine rings is 1. The highest BCUT2D eigenvalue weighted by Crippen LogP contribution is 2.29. The molecular formula is C23H27F3N2O3. The summed E-state index contributed by atoms with van der Waals surface area (Å²) in [5.41, 5.74) is -0.562. The maximum atomic E-state index is 12.7. The molecule has 31 heavy (non-hydrogen) atoms. The predicted molar refractivity (Wildman–Crippen MR) is 110 cm³/mol. The first-order valence-electron chi connectivity index (χ1n) is 10.3. The number of carbonyl (C=O) groups is 1. The second-order valence-corrected chi connectivity index (χ2v) is 8.01. The Kier molecular flexibility index (Phi) is 7.35. The largest absolute Gasteiger partial charge is 0.416 e. The zero-order valence-electron chi connectivity index (χ0n) is 17.1. The zero-order valence-corrected chi connectivity index (χ0v) is 17.1. The molecule has 3 rings (SSSR count). The monoisotopic (exact) mass is 436 g/mol. The van der Waals surface area contributed by atoms with Crippen LogP contribution in [0.4, 0.5) is 13.2 Å². The van der Waals surface area contributed by atoms with Crippen molar-refractivity contribution in [3.63, 3.8) is 0 Å². The number of aliphatic hydroxyl groups is 2. The van der Waals surface area contributed by atoms with E-state index < -0.39 is 23.4 Å². The average Bonchev–Trinajstić information content (AvgIpc) is 2.74. The van der Waals surface area contributed by atoms with Crippen LogP contribution in [0.15, 0.2) is 54.6 Å². The first kappa shape index (κ1) is 23.2. The Morgan fingerprint density at radius 1 is 1.10 bits per heavy atom. The third-order valence-corrected chi connectivity index (χ3v) is 5.62. The van der Waals surface area contributed by atoms with Gasteiger partial charge < -0.3 is 20.4 Å². The summed E-state index contributed by atoms with van der Waals surface area (Å²) in [6.07, 6.45) is -4.21. The molecule has 0 bridgehead atoms. The fraction of sp³-hybridized carbons (Fsp3) is 0.435. The summed E-state index contributed by atoms with van der Waals surface area (Å²) in [7, 11) is 0. The number of halogens is 3. The highest BCUT2D eigenvalue weighted by Gasteiger charge is 2.42. The molecule has 2 aromatic rings. The predicted octanol–water partition coefficient (Wildman–Crippen LogP) is 2.75. The van der Waals surface area contributed by atoms with Crippen molar-refractivity contribution in [2.75, 3.05) is 19.6 Å². The number of rotatable bonds is 7. The van der Waals surface area contributed by atoms with E-state index in [0.717, 1.165) is 17.7 Å². The van der Waals surface area contributed by atoms with Crippen LogP contribution in [0.25, 0.3) is 0 Å². The minimum Gasteiger partial charge on any atom is -0.390 e. The maximum Gasteiger partial charge on any atom is 0.416 e. The SMILES string of the molecule is O=C(CCc1ccccc1)N1CC[C@H](O)[C@@](O)(CNCc2ccc(C(F)(F)F)cc2)C1. The number of nitrogens with zero attached hydrogens (tertiary/aromatic N) is 1. The number of nitrogens with one attached hydrogen (secondary N) is 1. The lowest BCUT2D eigenvalue weighted by molar-refractivity contribution is -0.151. The topological polar surface area (TPSA) is 72.8 Å². The number of hydrogen-bond donors (Lipinski definition) is 3. The van der Waals surface area contributed by atoms with Gasteiger partial charge in [0.25, 0.3) is 0 Å². The third kappa shape index (κ3) is 6.29. The van der Waals surface area contributed by atoms with Crippen molar-refractivity contribution >= 4 is 5.91 Å². The number of aliphatic hydroxyl groups excluding tert-OH is 1. The first-order valence-corrected chi connectivity index (χ1v) is 10.3. The summed E-state index contributed by atoms with van der Waals surface area (Å²) in [6, 6.07) is 14.4. The number of aryl methyl sites for hydroxylation is 1. The minimum absolute atomic E-state index is 0.00179. The first-order chi connectivity index (χ1) is 14.7. The molecule has 2 atom stereocenters. The van der Waals surface area contributed by atoms with Crippen molar-refractivity contribution in [3.8, 4) is 0 Å². The van der Waals surface area contributed by atoms with E-state index in [1.54, 1.807) is 4.90 Å². The molecule has 0 radical (unpaired) electrons. The number of β-amino-alcohol motifs (C(OH)–C–C–N with tert-alkyl or cyclic N) is 1. The molecule has 168 valence electrons. The third-order valence-electron chi connectivity index (χ3n) is 5.62. The Balaban J connectivity index is 1.51. The molecule has 0 saturated carbocycles. The highest BCUT2D eigenvalue weighted by molar-refractivity contribution is 5.76. The van der Waals surface area contributed by atoms with Crippen molar-refractivity contribution in [1.29, 1.82) is 0 Å². The van der Waals surface area contributed by atoms with E-state index in [4.69, 9.17) is 0 Å². The van der Waals surface area contributed by atoms with E-state index in [1.165, 1.54) is 12.1 Å². The van der Waals surface area contributed by atoms with Crippen LogP contribution in [0.5, 0.6) is 0 Å². The summed E-state index contributed by atoms with van der Waals surface area (Å²) in [4.78, 5) is 14.2. The van der Waals surface area contributed by atoms with Gasteiger partial charge in [0.15, 0.2) is 0 Å². The lowest BCUT2D eigenvalue weighted by Crippen LogP contribution is -2.62. The van der Waals surface area contributed by atoms with Crippen LogP contribution in [-0.4, -0.2) is 52.4 Å². The van der Waals surface area contributed by atoms with Gasteiger partial charge in [-0.05, 0) is 36.1 Å². The van der Waals surface area contributed by atoms with Gasteiger partial charge in [-0.2, -0.15) is 13.2 Å². The van der Waals surface area contributed by atoms with Crippen LogP contribution in [0.1, 0.15) is 29.5 Å². The number of alkyl halides is 3. The molecule has 1 fully saturated rings. The average molecular weight is 436 g/mol. The molecular weight excluding hydrogens is 409 g/mol. The fourth-order valence-corrected chi connectivity index (χ4v) is 3.74. The molecule has 1 aliphatic rings. The summed E-state index contributed by atoms with van der Waals surface area (Å²) in [5.74, 6) is -0.0862. The highest BCUT2D eigenvalue weighted by atomic mass is 19.4.